The monoisotopic (exact) mass is 254 g/mol. The van der Waals surface area contributed by atoms with Crippen LogP contribution in [-0.4, -0.2) is 22.0 Å². The Morgan fingerprint density at radius 1 is 1.22 bits per heavy atom. The maximum atomic E-state index is 10.9. The summed E-state index contributed by atoms with van der Waals surface area (Å²) in [6.45, 7) is 2.68. The third-order valence-electron chi connectivity index (χ3n) is 2.31. The number of nitrogens with zero attached hydrogens (tertiary/aromatic N) is 3. The summed E-state index contributed by atoms with van der Waals surface area (Å²) in [6, 6.07) is 8.41. The van der Waals surface area contributed by atoms with Crippen molar-refractivity contribution in [2.75, 3.05) is 11.6 Å². The summed E-state index contributed by atoms with van der Waals surface area (Å²) < 4.78 is 0. The summed E-state index contributed by atoms with van der Waals surface area (Å²) >= 11 is 0. The van der Waals surface area contributed by atoms with Crippen LogP contribution < -0.4 is 10.5 Å². The molecule has 0 fully saturated rings. The fraction of sp³-hybridized carbons (Fsp3) is 0.400. The smallest absolute Gasteiger partial charge is 0.236 e. The quantitative estimate of drug-likeness (QED) is 0.605. The normalized spacial score (nSPS) is 10.8. The minimum absolute atomic E-state index is 0.134. The molecule has 1 rings (SSSR count). The van der Waals surface area contributed by atoms with E-state index in [9.17, 15) is 20.2 Å². The first-order valence-corrected chi connectivity index (χ1v) is 5.21. The summed E-state index contributed by atoms with van der Waals surface area (Å²) in [5.74, 6) is 0. The molecule has 98 valence electrons. The molecule has 8 nitrogen and oxygen atoms in total. The number of rotatable bonds is 6. The molecule has 1 aromatic carbocycles. The number of benzene rings is 1. The van der Waals surface area contributed by atoms with Gasteiger partial charge in [0.15, 0.2) is 5.03 Å². The number of nitrogens with one attached hydrogen (secondary N) is 1. The number of hydrogen-bond acceptors (Lipinski definition) is 5. The molecule has 0 bridgehead atoms. The third kappa shape index (κ3) is 3.58. The van der Waals surface area contributed by atoms with Crippen molar-refractivity contribution in [2.45, 2.75) is 19.4 Å². The topological polar surface area (TPSA) is 102 Å². The van der Waals surface area contributed by atoms with Crippen molar-refractivity contribution in [1.82, 2.24) is 5.53 Å². The van der Waals surface area contributed by atoms with Crippen LogP contribution in [0.1, 0.15) is 13.8 Å². The summed E-state index contributed by atoms with van der Waals surface area (Å²) in [7, 11) is 0. The number of nitro groups is 2. The van der Waals surface area contributed by atoms with Crippen LogP contribution in [0.2, 0.25) is 0 Å². The van der Waals surface area contributed by atoms with Crippen LogP contribution in [0.3, 0.4) is 0 Å². The van der Waals surface area contributed by atoms with Crippen molar-refractivity contribution in [3.05, 3.63) is 50.6 Å². The van der Waals surface area contributed by atoms with E-state index in [2.05, 4.69) is 0 Å². The van der Waals surface area contributed by atoms with Gasteiger partial charge in [0, 0.05) is 18.8 Å². The van der Waals surface area contributed by atoms with Gasteiger partial charge in [-0.2, -0.15) is 0 Å². The number of anilines is 1. The van der Waals surface area contributed by atoms with Gasteiger partial charge >= 0.3 is 0 Å². The SMILES string of the molecule is CC(C)(CN(N[N+](=O)[O-])c1ccccc1)[N+](=O)[O-]. The Hall–Kier alpha value is -2.38. The predicted molar refractivity (Wildman–Crippen MR) is 65.0 cm³/mol. The van der Waals surface area contributed by atoms with Crippen LogP contribution in [0.25, 0.3) is 0 Å². The fourth-order valence-electron chi connectivity index (χ4n) is 1.34. The van der Waals surface area contributed by atoms with E-state index in [-0.39, 0.29) is 6.54 Å². The minimum atomic E-state index is -1.31. The minimum Gasteiger partial charge on any atom is -0.264 e. The number of para-hydroxylation sites is 1. The van der Waals surface area contributed by atoms with Crippen molar-refractivity contribution in [3.8, 4) is 0 Å². The lowest BCUT2D eigenvalue weighted by atomic mass is 10.1. The molecule has 0 unspecified atom stereocenters. The summed E-state index contributed by atoms with van der Waals surface area (Å²) in [4.78, 5) is 20.9. The Balaban J connectivity index is 2.93. The molecule has 1 N–H and O–H groups in total. The van der Waals surface area contributed by atoms with Crippen LogP contribution in [0.5, 0.6) is 0 Å². The molecule has 0 aromatic heterocycles. The highest BCUT2D eigenvalue weighted by atomic mass is 16.7. The average Bonchev–Trinajstić information content (AvgIpc) is 2.28. The molecular weight excluding hydrogens is 240 g/mol. The molecule has 1 aromatic rings. The van der Waals surface area contributed by atoms with Gasteiger partial charge in [-0.1, -0.05) is 18.2 Å². The van der Waals surface area contributed by atoms with E-state index in [4.69, 9.17) is 0 Å². The Labute approximate surface area is 103 Å². The zero-order valence-electron chi connectivity index (χ0n) is 10.1. The first kappa shape index (κ1) is 13.7. The lowest BCUT2D eigenvalue weighted by Gasteiger charge is -2.25. The van der Waals surface area contributed by atoms with E-state index >= 15 is 0 Å². The van der Waals surface area contributed by atoms with Gasteiger partial charge in [0.2, 0.25) is 5.54 Å². The van der Waals surface area contributed by atoms with E-state index in [1.54, 1.807) is 30.3 Å². The Bertz CT molecular complexity index is 435. The lowest BCUT2D eigenvalue weighted by Crippen LogP contribution is -2.52. The number of hydrazine groups is 2. The molecule has 18 heavy (non-hydrogen) atoms. The second kappa shape index (κ2) is 5.30. The van der Waals surface area contributed by atoms with Crippen LogP contribution in [-0.2, 0) is 0 Å². The first-order valence-electron chi connectivity index (χ1n) is 5.21. The van der Waals surface area contributed by atoms with Gasteiger partial charge in [-0.15, -0.1) is 0 Å². The van der Waals surface area contributed by atoms with E-state index < -0.39 is 15.5 Å². The van der Waals surface area contributed by atoms with E-state index in [1.165, 1.54) is 13.8 Å². The van der Waals surface area contributed by atoms with Gasteiger partial charge in [-0.3, -0.25) is 10.1 Å². The zero-order chi connectivity index (χ0) is 13.8. The molecular formula is C10H14N4O4. The molecule has 0 heterocycles. The summed E-state index contributed by atoms with van der Waals surface area (Å²) in [6.07, 6.45) is 0. The Morgan fingerprint density at radius 3 is 2.22 bits per heavy atom. The van der Waals surface area contributed by atoms with Crippen molar-refractivity contribution < 1.29 is 9.96 Å². The van der Waals surface area contributed by atoms with Gasteiger partial charge in [-0.25, -0.2) is 15.1 Å². The molecule has 0 aliphatic heterocycles. The highest BCUT2D eigenvalue weighted by Crippen LogP contribution is 2.16. The van der Waals surface area contributed by atoms with Crippen LogP contribution in [0, 0.1) is 20.2 Å². The maximum Gasteiger partial charge on any atom is 0.236 e. The van der Waals surface area contributed by atoms with Crippen molar-refractivity contribution in [2.24, 2.45) is 0 Å². The van der Waals surface area contributed by atoms with Gasteiger partial charge in [0.25, 0.3) is 0 Å². The molecule has 0 spiro atoms. The molecule has 0 radical (unpaired) electrons. The summed E-state index contributed by atoms with van der Waals surface area (Å²) in [5.41, 5.74) is 1.14. The molecule has 0 saturated heterocycles. The fourth-order valence-corrected chi connectivity index (χ4v) is 1.34. The zero-order valence-corrected chi connectivity index (χ0v) is 10.1. The molecule has 0 aliphatic carbocycles. The molecule has 8 heteroatoms. The molecule has 0 amide bonds. The number of hydrogen-bond donors (Lipinski definition) is 1. The van der Waals surface area contributed by atoms with Crippen molar-refractivity contribution in [1.29, 1.82) is 0 Å². The van der Waals surface area contributed by atoms with Gasteiger partial charge in [-0.05, 0) is 17.7 Å². The Kier molecular flexibility index (Phi) is 4.03. The lowest BCUT2D eigenvalue weighted by molar-refractivity contribution is -0.567. The summed E-state index contributed by atoms with van der Waals surface area (Å²) in [5, 5.41) is 21.8. The second-order valence-electron chi connectivity index (χ2n) is 4.35. The molecule has 0 saturated carbocycles. The van der Waals surface area contributed by atoms with Crippen molar-refractivity contribution in [3.63, 3.8) is 0 Å². The van der Waals surface area contributed by atoms with Gasteiger partial charge < -0.3 is 0 Å². The first-order chi connectivity index (χ1) is 8.33. The van der Waals surface area contributed by atoms with E-state index in [0.717, 1.165) is 5.01 Å². The van der Waals surface area contributed by atoms with E-state index in [0.29, 0.717) is 5.69 Å². The van der Waals surface area contributed by atoms with Crippen molar-refractivity contribution >= 4 is 5.69 Å². The maximum absolute atomic E-state index is 10.9. The highest BCUT2D eigenvalue weighted by Gasteiger charge is 2.35. The van der Waals surface area contributed by atoms with Crippen LogP contribution >= 0.6 is 0 Å². The highest BCUT2D eigenvalue weighted by molar-refractivity contribution is 5.44. The van der Waals surface area contributed by atoms with E-state index in [1.807, 2.05) is 5.53 Å². The molecule has 0 atom stereocenters. The largest absolute Gasteiger partial charge is 0.264 e. The third-order valence-corrected chi connectivity index (χ3v) is 2.31. The average molecular weight is 254 g/mol. The predicted octanol–water partition coefficient (Wildman–Crippen LogP) is 1.24. The second-order valence-corrected chi connectivity index (χ2v) is 4.35. The Morgan fingerprint density at radius 2 is 1.78 bits per heavy atom. The van der Waals surface area contributed by atoms with Crippen LogP contribution in [0.4, 0.5) is 5.69 Å². The van der Waals surface area contributed by atoms with Gasteiger partial charge in [0.05, 0.1) is 5.69 Å². The standard InChI is InChI=1S/C10H14N4O4/c1-10(2,13(15)16)8-12(11-14(17)18)9-6-4-3-5-7-9/h3-7,11H,8H2,1-2H3. The molecule has 0 aliphatic rings. The van der Waals surface area contributed by atoms with Gasteiger partial charge in [0.1, 0.15) is 6.54 Å². The van der Waals surface area contributed by atoms with Crippen LogP contribution in [0.15, 0.2) is 30.3 Å².